The number of pyridine rings is 1. The maximum absolute atomic E-state index is 5.60. The SMILES string of the molecule is CC(C)CCCN1CCN(c2ccc(CN)cn2)CC1. The van der Waals surface area contributed by atoms with Crippen LogP contribution in [-0.2, 0) is 6.54 Å². The Morgan fingerprint density at radius 2 is 1.95 bits per heavy atom. The van der Waals surface area contributed by atoms with Crippen molar-refractivity contribution >= 4 is 5.82 Å². The fraction of sp³-hybridized carbons (Fsp3) is 0.688. The third-order valence-corrected chi connectivity index (χ3v) is 4.00. The van der Waals surface area contributed by atoms with E-state index in [1.165, 1.54) is 19.4 Å². The number of anilines is 1. The fourth-order valence-corrected chi connectivity index (χ4v) is 2.65. The molecule has 0 bridgehead atoms. The van der Waals surface area contributed by atoms with Gasteiger partial charge < -0.3 is 10.6 Å². The first kappa shape index (κ1) is 15.3. The Kier molecular flexibility index (Phi) is 5.80. The van der Waals surface area contributed by atoms with Crippen LogP contribution in [0.4, 0.5) is 5.82 Å². The molecule has 1 aromatic rings. The summed E-state index contributed by atoms with van der Waals surface area (Å²) in [6, 6.07) is 4.17. The maximum Gasteiger partial charge on any atom is 0.128 e. The van der Waals surface area contributed by atoms with Crippen LogP contribution in [0.5, 0.6) is 0 Å². The van der Waals surface area contributed by atoms with E-state index in [4.69, 9.17) is 5.73 Å². The minimum Gasteiger partial charge on any atom is -0.354 e. The number of rotatable bonds is 6. The summed E-state index contributed by atoms with van der Waals surface area (Å²) in [5.74, 6) is 1.91. The molecule has 1 fully saturated rings. The number of hydrogen-bond acceptors (Lipinski definition) is 4. The summed E-state index contributed by atoms with van der Waals surface area (Å²) >= 11 is 0. The van der Waals surface area contributed by atoms with Gasteiger partial charge in [0.15, 0.2) is 0 Å². The second-order valence-electron chi connectivity index (χ2n) is 6.09. The van der Waals surface area contributed by atoms with Gasteiger partial charge in [-0.3, -0.25) is 4.90 Å². The second kappa shape index (κ2) is 7.60. The van der Waals surface area contributed by atoms with Crippen LogP contribution in [0.3, 0.4) is 0 Å². The lowest BCUT2D eigenvalue weighted by Gasteiger charge is -2.35. The minimum atomic E-state index is 0.566. The van der Waals surface area contributed by atoms with Crippen LogP contribution in [0, 0.1) is 5.92 Å². The Hall–Kier alpha value is -1.13. The van der Waals surface area contributed by atoms with Crippen molar-refractivity contribution < 1.29 is 0 Å². The summed E-state index contributed by atoms with van der Waals surface area (Å²) in [4.78, 5) is 9.46. The van der Waals surface area contributed by atoms with Gasteiger partial charge in [0.05, 0.1) is 0 Å². The van der Waals surface area contributed by atoms with Crippen LogP contribution < -0.4 is 10.6 Å². The topological polar surface area (TPSA) is 45.4 Å². The van der Waals surface area contributed by atoms with Crippen LogP contribution in [0.25, 0.3) is 0 Å². The van der Waals surface area contributed by atoms with Gasteiger partial charge in [-0.1, -0.05) is 19.9 Å². The highest BCUT2D eigenvalue weighted by Crippen LogP contribution is 2.14. The molecule has 0 unspecified atom stereocenters. The highest BCUT2D eigenvalue weighted by molar-refractivity contribution is 5.39. The lowest BCUT2D eigenvalue weighted by molar-refractivity contribution is 0.248. The van der Waals surface area contributed by atoms with E-state index in [9.17, 15) is 0 Å². The van der Waals surface area contributed by atoms with E-state index < -0.39 is 0 Å². The monoisotopic (exact) mass is 276 g/mol. The third kappa shape index (κ3) is 4.46. The molecule has 0 atom stereocenters. The maximum atomic E-state index is 5.60. The standard InChI is InChI=1S/C16H28N4/c1-14(2)4-3-7-19-8-10-20(11-9-19)16-6-5-15(12-17)13-18-16/h5-6,13-14H,3-4,7-12,17H2,1-2H3. The first-order chi connectivity index (χ1) is 9.69. The Balaban J connectivity index is 1.75. The van der Waals surface area contributed by atoms with Crippen molar-refractivity contribution in [1.82, 2.24) is 9.88 Å². The smallest absolute Gasteiger partial charge is 0.128 e. The highest BCUT2D eigenvalue weighted by Gasteiger charge is 2.17. The van der Waals surface area contributed by atoms with Gasteiger partial charge in [-0.15, -0.1) is 0 Å². The molecule has 2 N–H and O–H groups in total. The molecule has 0 amide bonds. The molecule has 0 saturated carbocycles. The van der Waals surface area contributed by atoms with Crippen LogP contribution in [0.15, 0.2) is 18.3 Å². The van der Waals surface area contributed by atoms with Gasteiger partial charge in [0.25, 0.3) is 0 Å². The summed E-state index contributed by atoms with van der Waals surface area (Å²) < 4.78 is 0. The van der Waals surface area contributed by atoms with E-state index in [2.05, 4.69) is 40.8 Å². The number of hydrogen-bond donors (Lipinski definition) is 1. The molecule has 20 heavy (non-hydrogen) atoms. The molecular formula is C16H28N4. The lowest BCUT2D eigenvalue weighted by Crippen LogP contribution is -2.46. The van der Waals surface area contributed by atoms with E-state index in [0.717, 1.165) is 43.5 Å². The molecule has 1 aromatic heterocycles. The molecular weight excluding hydrogens is 248 g/mol. The van der Waals surface area contributed by atoms with Crippen LogP contribution in [0.2, 0.25) is 0 Å². The zero-order valence-corrected chi connectivity index (χ0v) is 12.9. The normalized spacial score (nSPS) is 16.9. The molecule has 0 spiro atoms. The van der Waals surface area contributed by atoms with Crippen molar-refractivity contribution in [3.8, 4) is 0 Å². The van der Waals surface area contributed by atoms with Crippen LogP contribution >= 0.6 is 0 Å². The van der Waals surface area contributed by atoms with Crippen molar-refractivity contribution in [1.29, 1.82) is 0 Å². The number of nitrogens with zero attached hydrogens (tertiary/aromatic N) is 3. The average molecular weight is 276 g/mol. The molecule has 1 saturated heterocycles. The van der Waals surface area contributed by atoms with Crippen molar-refractivity contribution in [3.63, 3.8) is 0 Å². The Bertz CT molecular complexity index is 380. The lowest BCUT2D eigenvalue weighted by atomic mass is 10.1. The zero-order valence-electron chi connectivity index (χ0n) is 12.9. The predicted octanol–water partition coefficient (Wildman–Crippen LogP) is 2.10. The van der Waals surface area contributed by atoms with Gasteiger partial charge in [-0.05, 0) is 36.9 Å². The van der Waals surface area contributed by atoms with Gasteiger partial charge in [-0.25, -0.2) is 4.98 Å². The molecule has 2 rings (SSSR count). The summed E-state index contributed by atoms with van der Waals surface area (Å²) in [6.07, 6.45) is 4.55. The van der Waals surface area contributed by atoms with E-state index in [1.54, 1.807) is 0 Å². The van der Waals surface area contributed by atoms with Gasteiger partial charge in [0.2, 0.25) is 0 Å². The van der Waals surface area contributed by atoms with Crippen molar-refractivity contribution in [2.75, 3.05) is 37.6 Å². The predicted molar refractivity (Wildman–Crippen MR) is 84.9 cm³/mol. The third-order valence-electron chi connectivity index (χ3n) is 4.00. The molecule has 1 aliphatic rings. The summed E-state index contributed by atoms with van der Waals surface area (Å²) in [5, 5.41) is 0. The highest BCUT2D eigenvalue weighted by atomic mass is 15.3. The fourth-order valence-electron chi connectivity index (χ4n) is 2.65. The van der Waals surface area contributed by atoms with Crippen LogP contribution in [-0.4, -0.2) is 42.6 Å². The van der Waals surface area contributed by atoms with Gasteiger partial charge in [0.1, 0.15) is 5.82 Å². The van der Waals surface area contributed by atoms with Crippen molar-refractivity contribution in [3.05, 3.63) is 23.9 Å². The quantitative estimate of drug-likeness (QED) is 0.864. The molecule has 4 nitrogen and oxygen atoms in total. The number of piperazine rings is 1. The molecule has 0 aromatic carbocycles. The minimum absolute atomic E-state index is 0.566. The van der Waals surface area contributed by atoms with Gasteiger partial charge >= 0.3 is 0 Å². The van der Waals surface area contributed by atoms with Crippen molar-refractivity contribution in [2.45, 2.75) is 33.2 Å². The number of aromatic nitrogens is 1. The summed E-state index contributed by atoms with van der Waals surface area (Å²) in [7, 11) is 0. The average Bonchev–Trinajstić information content (AvgIpc) is 2.48. The summed E-state index contributed by atoms with van der Waals surface area (Å²) in [6.45, 7) is 10.9. The number of nitrogens with two attached hydrogens (primary N) is 1. The van der Waals surface area contributed by atoms with Gasteiger partial charge in [-0.2, -0.15) is 0 Å². The zero-order chi connectivity index (χ0) is 14.4. The van der Waals surface area contributed by atoms with Crippen LogP contribution in [0.1, 0.15) is 32.3 Å². The molecule has 112 valence electrons. The Morgan fingerprint density at radius 1 is 1.20 bits per heavy atom. The Labute approximate surface area is 123 Å². The first-order valence-corrected chi connectivity index (χ1v) is 7.81. The first-order valence-electron chi connectivity index (χ1n) is 7.81. The molecule has 0 aliphatic carbocycles. The second-order valence-corrected chi connectivity index (χ2v) is 6.09. The molecule has 1 aliphatic heterocycles. The van der Waals surface area contributed by atoms with E-state index >= 15 is 0 Å². The summed E-state index contributed by atoms with van der Waals surface area (Å²) in [5.41, 5.74) is 6.70. The molecule has 0 radical (unpaired) electrons. The Morgan fingerprint density at radius 3 is 2.50 bits per heavy atom. The van der Waals surface area contributed by atoms with Gasteiger partial charge in [0, 0.05) is 38.9 Å². The largest absolute Gasteiger partial charge is 0.354 e. The van der Waals surface area contributed by atoms with E-state index in [-0.39, 0.29) is 0 Å². The van der Waals surface area contributed by atoms with E-state index in [0.29, 0.717) is 6.54 Å². The molecule has 2 heterocycles. The molecule has 4 heteroatoms. The van der Waals surface area contributed by atoms with Crippen molar-refractivity contribution in [2.24, 2.45) is 11.7 Å². The van der Waals surface area contributed by atoms with E-state index in [1.807, 2.05) is 6.20 Å².